The molecule has 27 heavy (non-hydrogen) atoms. The van der Waals surface area contributed by atoms with Gasteiger partial charge >= 0.3 is 0 Å². The molecule has 1 aliphatic carbocycles. The lowest BCUT2D eigenvalue weighted by atomic mass is 10.1. The number of amides is 1. The highest BCUT2D eigenvalue weighted by atomic mass is 16.5. The van der Waals surface area contributed by atoms with Crippen LogP contribution in [0, 0.1) is 0 Å². The molecular formula is C22H23N3O2. The Morgan fingerprint density at radius 2 is 1.89 bits per heavy atom. The molecule has 0 spiro atoms. The molecule has 0 saturated heterocycles. The summed E-state index contributed by atoms with van der Waals surface area (Å²) in [5.41, 5.74) is 3.58. The van der Waals surface area contributed by atoms with Gasteiger partial charge < -0.3 is 10.1 Å². The highest BCUT2D eigenvalue weighted by molar-refractivity contribution is 5.93. The van der Waals surface area contributed by atoms with E-state index in [0.717, 1.165) is 35.5 Å². The van der Waals surface area contributed by atoms with Crippen LogP contribution in [-0.2, 0) is 6.42 Å². The van der Waals surface area contributed by atoms with Gasteiger partial charge in [0, 0.05) is 12.5 Å². The summed E-state index contributed by atoms with van der Waals surface area (Å²) in [7, 11) is 1.66. The van der Waals surface area contributed by atoms with Crippen molar-refractivity contribution in [1.82, 2.24) is 15.1 Å². The topological polar surface area (TPSA) is 56.1 Å². The van der Waals surface area contributed by atoms with Crippen LogP contribution in [0.1, 0.15) is 40.5 Å². The van der Waals surface area contributed by atoms with E-state index in [9.17, 15) is 4.79 Å². The molecule has 0 aliphatic heterocycles. The minimum Gasteiger partial charge on any atom is -0.496 e. The lowest BCUT2D eigenvalue weighted by Gasteiger charge is -2.10. The lowest BCUT2D eigenvalue weighted by molar-refractivity contribution is 0.0946. The summed E-state index contributed by atoms with van der Waals surface area (Å²) in [5.74, 6) is 1.24. The van der Waals surface area contributed by atoms with Crippen molar-refractivity contribution in [3.05, 3.63) is 77.6 Å². The molecule has 5 nitrogen and oxygen atoms in total. The van der Waals surface area contributed by atoms with Crippen molar-refractivity contribution in [2.45, 2.75) is 25.2 Å². The Hall–Kier alpha value is -3.08. The fourth-order valence-electron chi connectivity index (χ4n) is 3.22. The maximum absolute atomic E-state index is 12.8. The zero-order chi connectivity index (χ0) is 18.6. The van der Waals surface area contributed by atoms with Crippen molar-refractivity contribution >= 4 is 5.91 Å². The standard InChI is InChI=1S/C22H23N3O2/c1-27-21-10-6-5-7-17(21)13-14-23-22(26)20-15-19(16-11-12-16)24-25(20)18-8-3-2-4-9-18/h2-10,15-16H,11-14H2,1H3,(H,23,26). The minimum absolute atomic E-state index is 0.104. The van der Waals surface area contributed by atoms with Gasteiger partial charge in [-0.2, -0.15) is 5.10 Å². The summed E-state index contributed by atoms with van der Waals surface area (Å²) in [6.45, 7) is 0.540. The molecule has 5 heteroatoms. The first kappa shape index (κ1) is 17.3. The Balaban J connectivity index is 1.50. The zero-order valence-corrected chi connectivity index (χ0v) is 15.4. The van der Waals surface area contributed by atoms with Crippen LogP contribution in [0.25, 0.3) is 5.69 Å². The Morgan fingerprint density at radius 3 is 2.63 bits per heavy atom. The number of nitrogens with zero attached hydrogens (tertiary/aromatic N) is 2. The Labute approximate surface area is 159 Å². The van der Waals surface area contributed by atoms with Gasteiger partial charge in [0.15, 0.2) is 0 Å². The molecule has 2 aromatic carbocycles. The third-order valence-corrected chi connectivity index (χ3v) is 4.83. The van der Waals surface area contributed by atoms with E-state index in [1.54, 1.807) is 11.8 Å². The van der Waals surface area contributed by atoms with E-state index < -0.39 is 0 Å². The fraction of sp³-hybridized carbons (Fsp3) is 0.273. The van der Waals surface area contributed by atoms with E-state index in [0.29, 0.717) is 24.6 Å². The summed E-state index contributed by atoms with van der Waals surface area (Å²) in [5, 5.41) is 7.72. The Morgan fingerprint density at radius 1 is 1.15 bits per heavy atom. The summed E-state index contributed by atoms with van der Waals surface area (Å²) >= 11 is 0. The fourth-order valence-corrected chi connectivity index (χ4v) is 3.22. The number of carbonyl (C=O) groups excluding carboxylic acids is 1. The van der Waals surface area contributed by atoms with E-state index in [1.165, 1.54) is 0 Å². The second-order valence-corrected chi connectivity index (χ2v) is 6.79. The summed E-state index contributed by atoms with van der Waals surface area (Å²) < 4.78 is 7.13. The van der Waals surface area contributed by atoms with Gasteiger partial charge in [-0.25, -0.2) is 4.68 Å². The van der Waals surface area contributed by atoms with E-state index in [-0.39, 0.29) is 5.91 Å². The van der Waals surface area contributed by atoms with Gasteiger partial charge in [0.2, 0.25) is 0 Å². The second kappa shape index (κ2) is 7.66. The molecule has 0 bridgehead atoms. The predicted molar refractivity (Wildman–Crippen MR) is 105 cm³/mol. The number of ether oxygens (including phenoxy) is 1. The van der Waals surface area contributed by atoms with Gasteiger partial charge in [-0.15, -0.1) is 0 Å². The quantitative estimate of drug-likeness (QED) is 0.698. The highest BCUT2D eigenvalue weighted by Gasteiger charge is 2.29. The number of methoxy groups -OCH3 is 1. The molecule has 1 aromatic heterocycles. The largest absolute Gasteiger partial charge is 0.496 e. The first-order chi connectivity index (χ1) is 13.3. The van der Waals surface area contributed by atoms with Gasteiger partial charge in [0.1, 0.15) is 11.4 Å². The second-order valence-electron chi connectivity index (χ2n) is 6.79. The number of benzene rings is 2. The van der Waals surface area contributed by atoms with Crippen LogP contribution < -0.4 is 10.1 Å². The average Bonchev–Trinajstić information content (AvgIpc) is 3.47. The summed E-state index contributed by atoms with van der Waals surface area (Å²) in [4.78, 5) is 12.8. The lowest BCUT2D eigenvalue weighted by Crippen LogP contribution is -2.28. The molecule has 1 N–H and O–H groups in total. The van der Waals surface area contributed by atoms with E-state index in [4.69, 9.17) is 9.84 Å². The van der Waals surface area contributed by atoms with Crippen LogP contribution in [-0.4, -0.2) is 29.3 Å². The molecular weight excluding hydrogens is 338 g/mol. The van der Waals surface area contributed by atoms with Crippen LogP contribution in [0.5, 0.6) is 5.75 Å². The maximum Gasteiger partial charge on any atom is 0.270 e. The molecule has 4 rings (SSSR count). The van der Waals surface area contributed by atoms with Crippen molar-refractivity contribution in [1.29, 1.82) is 0 Å². The number of nitrogens with one attached hydrogen (secondary N) is 1. The molecule has 1 heterocycles. The van der Waals surface area contributed by atoms with Crippen molar-refractivity contribution in [3.8, 4) is 11.4 Å². The monoisotopic (exact) mass is 361 g/mol. The summed E-state index contributed by atoms with van der Waals surface area (Å²) in [6.07, 6.45) is 3.02. The first-order valence-electron chi connectivity index (χ1n) is 9.31. The van der Waals surface area contributed by atoms with Crippen molar-refractivity contribution in [2.24, 2.45) is 0 Å². The minimum atomic E-state index is -0.104. The number of hydrogen-bond donors (Lipinski definition) is 1. The summed E-state index contributed by atoms with van der Waals surface area (Å²) in [6, 6.07) is 19.6. The van der Waals surface area contributed by atoms with Gasteiger partial charge in [0.05, 0.1) is 18.5 Å². The first-order valence-corrected chi connectivity index (χ1v) is 9.31. The Kier molecular flexibility index (Phi) is 4.92. The van der Waals surface area contributed by atoms with E-state index >= 15 is 0 Å². The molecule has 138 valence electrons. The number of aromatic nitrogens is 2. The van der Waals surface area contributed by atoms with Crippen molar-refractivity contribution in [3.63, 3.8) is 0 Å². The van der Waals surface area contributed by atoms with Crippen molar-refractivity contribution in [2.75, 3.05) is 13.7 Å². The number of rotatable bonds is 7. The Bertz CT molecular complexity index is 930. The van der Waals surface area contributed by atoms with Crippen LogP contribution >= 0.6 is 0 Å². The molecule has 0 radical (unpaired) electrons. The predicted octanol–water partition coefficient (Wildman–Crippen LogP) is 3.73. The van der Waals surface area contributed by atoms with E-state index in [1.807, 2.05) is 60.7 Å². The highest BCUT2D eigenvalue weighted by Crippen LogP contribution is 2.39. The molecule has 3 aromatic rings. The molecule has 1 fully saturated rings. The normalized spacial score (nSPS) is 13.4. The van der Waals surface area contributed by atoms with Gasteiger partial charge in [-0.1, -0.05) is 36.4 Å². The smallest absolute Gasteiger partial charge is 0.270 e. The SMILES string of the molecule is COc1ccccc1CCNC(=O)c1cc(C2CC2)nn1-c1ccccc1. The zero-order valence-electron chi connectivity index (χ0n) is 15.4. The number of carbonyl (C=O) groups is 1. The number of para-hydroxylation sites is 2. The third-order valence-electron chi connectivity index (χ3n) is 4.83. The van der Waals surface area contributed by atoms with Crippen LogP contribution in [0.15, 0.2) is 60.7 Å². The van der Waals surface area contributed by atoms with Gasteiger partial charge in [0.25, 0.3) is 5.91 Å². The number of hydrogen-bond acceptors (Lipinski definition) is 3. The maximum atomic E-state index is 12.8. The van der Waals surface area contributed by atoms with Crippen LogP contribution in [0.3, 0.4) is 0 Å². The molecule has 0 atom stereocenters. The third kappa shape index (κ3) is 3.87. The molecule has 1 saturated carbocycles. The molecule has 0 unspecified atom stereocenters. The van der Waals surface area contributed by atoms with Gasteiger partial charge in [-0.05, 0) is 49.1 Å². The van der Waals surface area contributed by atoms with Gasteiger partial charge in [-0.3, -0.25) is 4.79 Å². The van der Waals surface area contributed by atoms with Crippen LogP contribution in [0.4, 0.5) is 0 Å². The average molecular weight is 361 g/mol. The van der Waals surface area contributed by atoms with Crippen LogP contribution in [0.2, 0.25) is 0 Å². The van der Waals surface area contributed by atoms with Crippen molar-refractivity contribution < 1.29 is 9.53 Å². The van der Waals surface area contributed by atoms with E-state index in [2.05, 4.69) is 5.32 Å². The molecule has 1 amide bonds. The molecule has 1 aliphatic rings.